The minimum absolute atomic E-state index is 0.297. The van der Waals surface area contributed by atoms with Gasteiger partial charge in [0.2, 0.25) is 0 Å². The van der Waals surface area contributed by atoms with E-state index in [2.05, 4.69) is 4.90 Å². The van der Waals surface area contributed by atoms with Crippen LogP contribution in [-0.4, -0.2) is 43.3 Å². The van der Waals surface area contributed by atoms with Crippen LogP contribution in [0.15, 0.2) is 24.3 Å². The zero-order valence-electron chi connectivity index (χ0n) is 12.0. The molecule has 110 valence electrons. The number of nitrogens with zero attached hydrogens (tertiary/aromatic N) is 1. The number of ether oxygens (including phenoxy) is 2. The van der Waals surface area contributed by atoms with E-state index in [1.54, 1.807) is 0 Å². The molecule has 4 heteroatoms. The van der Waals surface area contributed by atoms with Gasteiger partial charge in [-0.1, -0.05) is 6.42 Å². The maximum atomic E-state index is 6.24. The number of rotatable bonds is 3. The Balaban J connectivity index is 1.66. The molecule has 0 aromatic heterocycles. The molecule has 1 aromatic rings. The molecule has 1 aromatic carbocycles. The number of benzene rings is 1. The van der Waals surface area contributed by atoms with Crippen LogP contribution in [0.4, 0.5) is 5.69 Å². The van der Waals surface area contributed by atoms with E-state index in [0.29, 0.717) is 12.1 Å². The summed E-state index contributed by atoms with van der Waals surface area (Å²) in [5, 5.41) is 0. The third-order valence-corrected chi connectivity index (χ3v) is 4.35. The van der Waals surface area contributed by atoms with Gasteiger partial charge in [0.05, 0.1) is 13.2 Å². The average molecular weight is 276 g/mol. The highest BCUT2D eigenvalue weighted by molar-refractivity contribution is 5.41. The van der Waals surface area contributed by atoms with E-state index in [-0.39, 0.29) is 0 Å². The number of anilines is 1. The number of hydrogen-bond acceptors (Lipinski definition) is 4. The summed E-state index contributed by atoms with van der Waals surface area (Å²) in [4.78, 5) is 2.55. The molecule has 20 heavy (non-hydrogen) atoms. The third kappa shape index (κ3) is 3.25. The van der Waals surface area contributed by atoms with Crippen LogP contribution in [-0.2, 0) is 4.74 Å². The largest absolute Gasteiger partial charge is 0.489 e. The summed E-state index contributed by atoms with van der Waals surface area (Å²) in [7, 11) is 0. The van der Waals surface area contributed by atoms with Gasteiger partial charge in [0.25, 0.3) is 0 Å². The molecule has 4 nitrogen and oxygen atoms in total. The summed E-state index contributed by atoms with van der Waals surface area (Å²) in [5.41, 5.74) is 6.51. The molecule has 1 saturated carbocycles. The molecule has 1 aliphatic heterocycles. The minimum Gasteiger partial charge on any atom is -0.489 e. The van der Waals surface area contributed by atoms with Crippen molar-refractivity contribution in [2.24, 2.45) is 0 Å². The predicted molar refractivity (Wildman–Crippen MR) is 79.9 cm³/mol. The van der Waals surface area contributed by atoms with E-state index in [0.717, 1.165) is 44.2 Å². The average Bonchev–Trinajstić information content (AvgIpc) is 2.51. The second-order valence-corrected chi connectivity index (χ2v) is 5.73. The van der Waals surface area contributed by atoms with Crippen molar-refractivity contribution in [3.8, 4) is 5.75 Å². The summed E-state index contributed by atoms with van der Waals surface area (Å²) in [6.45, 7) is 3.77. The van der Waals surface area contributed by atoms with Gasteiger partial charge in [-0.3, -0.25) is 4.90 Å². The molecule has 1 heterocycles. The van der Waals surface area contributed by atoms with Crippen LogP contribution in [0.5, 0.6) is 5.75 Å². The zero-order chi connectivity index (χ0) is 13.8. The van der Waals surface area contributed by atoms with Crippen LogP contribution in [0.1, 0.15) is 25.7 Å². The molecule has 1 saturated heterocycles. The molecule has 0 radical (unpaired) electrons. The fourth-order valence-corrected chi connectivity index (χ4v) is 3.26. The van der Waals surface area contributed by atoms with Gasteiger partial charge in [-0.05, 0) is 43.5 Å². The van der Waals surface area contributed by atoms with Gasteiger partial charge in [0, 0.05) is 24.8 Å². The normalized spacial score (nSPS) is 28.2. The maximum Gasteiger partial charge on any atom is 0.119 e. The highest BCUT2D eigenvalue weighted by atomic mass is 16.5. The van der Waals surface area contributed by atoms with Gasteiger partial charge in [0.15, 0.2) is 0 Å². The number of nitrogens with two attached hydrogens (primary N) is 1. The lowest BCUT2D eigenvalue weighted by molar-refractivity contribution is -0.0281. The molecular weight excluding hydrogens is 252 g/mol. The number of nitrogen functional groups attached to an aromatic ring is 1. The molecule has 0 bridgehead atoms. The second kappa shape index (κ2) is 6.46. The van der Waals surface area contributed by atoms with Crippen LogP contribution < -0.4 is 10.5 Å². The van der Waals surface area contributed by atoms with E-state index in [1.807, 2.05) is 24.3 Å². The predicted octanol–water partition coefficient (Wildman–Crippen LogP) is 2.29. The minimum atomic E-state index is 0.297. The number of hydrogen-bond donors (Lipinski definition) is 1. The lowest BCUT2D eigenvalue weighted by Gasteiger charge is -2.41. The highest BCUT2D eigenvalue weighted by Gasteiger charge is 2.32. The Morgan fingerprint density at radius 1 is 1.05 bits per heavy atom. The van der Waals surface area contributed by atoms with E-state index < -0.39 is 0 Å². The Morgan fingerprint density at radius 3 is 2.50 bits per heavy atom. The summed E-state index contributed by atoms with van der Waals surface area (Å²) < 4.78 is 11.7. The molecule has 2 N–H and O–H groups in total. The van der Waals surface area contributed by atoms with Gasteiger partial charge in [-0.15, -0.1) is 0 Å². The van der Waals surface area contributed by atoms with Gasteiger partial charge >= 0.3 is 0 Å². The molecule has 2 aliphatic rings. The topological polar surface area (TPSA) is 47.7 Å². The Bertz CT molecular complexity index is 415. The van der Waals surface area contributed by atoms with Crippen LogP contribution in [0.25, 0.3) is 0 Å². The Kier molecular flexibility index (Phi) is 4.43. The first-order chi connectivity index (χ1) is 9.83. The van der Waals surface area contributed by atoms with Gasteiger partial charge in [-0.25, -0.2) is 0 Å². The van der Waals surface area contributed by atoms with Gasteiger partial charge in [0.1, 0.15) is 11.9 Å². The number of morpholine rings is 1. The van der Waals surface area contributed by atoms with Crippen molar-refractivity contribution in [2.75, 3.05) is 32.0 Å². The van der Waals surface area contributed by atoms with Crippen LogP contribution in [0.3, 0.4) is 0 Å². The van der Waals surface area contributed by atoms with Crippen molar-refractivity contribution >= 4 is 5.69 Å². The summed E-state index contributed by atoms with van der Waals surface area (Å²) >= 11 is 0. The van der Waals surface area contributed by atoms with Crippen LogP contribution in [0.2, 0.25) is 0 Å². The molecular formula is C16H24N2O2. The SMILES string of the molecule is Nc1ccc(OC2CCCCC2N2CCOCC2)cc1. The van der Waals surface area contributed by atoms with Crippen molar-refractivity contribution in [2.45, 2.75) is 37.8 Å². The second-order valence-electron chi connectivity index (χ2n) is 5.73. The Morgan fingerprint density at radius 2 is 1.75 bits per heavy atom. The van der Waals surface area contributed by atoms with Crippen molar-refractivity contribution in [3.63, 3.8) is 0 Å². The first-order valence-electron chi connectivity index (χ1n) is 7.67. The molecule has 0 amide bonds. The fourth-order valence-electron chi connectivity index (χ4n) is 3.26. The Hall–Kier alpha value is -1.26. The monoisotopic (exact) mass is 276 g/mol. The van der Waals surface area contributed by atoms with Crippen molar-refractivity contribution in [1.82, 2.24) is 4.90 Å². The van der Waals surface area contributed by atoms with Crippen molar-refractivity contribution < 1.29 is 9.47 Å². The molecule has 2 fully saturated rings. The van der Waals surface area contributed by atoms with E-state index in [4.69, 9.17) is 15.2 Å². The van der Waals surface area contributed by atoms with Gasteiger partial charge in [-0.2, -0.15) is 0 Å². The molecule has 3 rings (SSSR count). The fraction of sp³-hybridized carbons (Fsp3) is 0.625. The van der Waals surface area contributed by atoms with E-state index in [9.17, 15) is 0 Å². The van der Waals surface area contributed by atoms with E-state index in [1.165, 1.54) is 19.3 Å². The highest BCUT2D eigenvalue weighted by Crippen LogP contribution is 2.28. The standard InChI is InChI=1S/C16H24N2O2/c17-13-5-7-14(8-6-13)20-16-4-2-1-3-15(16)18-9-11-19-12-10-18/h5-8,15-16H,1-4,9-12,17H2. The lowest BCUT2D eigenvalue weighted by Crippen LogP contribution is -2.52. The maximum absolute atomic E-state index is 6.24. The molecule has 2 unspecified atom stereocenters. The van der Waals surface area contributed by atoms with Crippen LogP contribution in [0, 0.1) is 0 Å². The van der Waals surface area contributed by atoms with E-state index >= 15 is 0 Å². The van der Waals surface area contributed by atoms with Crippen molar-refractivity contribution in [3.05, 3.63) is 24.3 Å². The third-order valence-electron chi connectivity index (χ3n) is 4.35. The lowest BCUT2D eigenvalue weighted by atomic mass is 9.91. The quantitative estimate of drug-likeness (QED) is 0.861. The van der Waals surface area contributed by atoms with Gasteiger partial charge < -0.3 is 15.2 Å². The zero-order valence-corrected chi connectivity index (χ0v) is 12.0. The molecule has 0 spiro atoms. The van der Waals surface area contributed by atoms with Crippen molar-refractivity contribution in [1.29, 1.82) is 0 Å². The Labute approximate surface area is 120 Å². The molecule has 2 atom stereocenters. The first kappa shape index (κ1) is 13.7. The summed E-state index contributed by atoms with van der Waals surface area (Å²) in [6.07, 6.45) is 5.25. The smallest absolute Gasteiger partial charge is 0.119 e. The summed E-state index contributed by atoms with van der Waals surface area (Å²) in [5.74, 6) is 0.935. The summed E-state index contributed by atoms with van der Waals surface area (Å²) in [6, 6.07) is 8.29. The molecule has 1 aliphatic carbocycles. The first-order valence-corrected chi connectivity index (χ1v) is 7.67. The van der Waals surface area contributed by atoms with Crippen LogP contribution >= 0.6 is 0 Å².